The Bertz CT molecular complexity index is 1730. The van der Waals surface area contributed by atoms with Crippen molar-refractivity contribution < 1.29 is 30.7 Å². The summed E-state index contributed by atoms with van der Waals surface area (Å²) in [5, 5.41) is 4.02. The van der Waals surface area contributed by atoms with Gasteiger partial charge >= 0.3 is 0 Å². The third-order valence-corrected chi connectivity index (χ3v) is 8.97. The molecule has 2 fully saturated rings. The summed E-state index contributed by atoms with van der Waals surface area (Å²) in [7, 11) is -7.75. The molecular weight excluding hydrogens is 686 g/mol. The lowest BCUT2D eigenvalue weighted by Gasteiger charge is -2.33. The van der Waals surface area contributed by atoms with Crippen LogP contribution in [-0.4, -0.2) is 60.9 Å². The fraction of sp³-hybridized carbons (Fsp3) is 0.333. The van der Waals surface area contributed by atoms with E-state index in [1.165, 1.54) is 0 Å². The number of carbonyl (C=O) groups is 1. The maximum Gasteiger partial charge on any atom is 0.269 e. The van der Waals surface area contributed by atoms with E-state index < -0.39 is 20.2 Å². The van der Waals surface area contributed by atoms with Crippen molar-refractivity contribution in [3.63, 3.8) is 0 Å². The number of H-pyrrole nitrogens is 1. The van der Waals surface area contributed by atoms with Gasteiger partial charge in [0.25, 0.3) is 20.2 Å². The quantitative estimate of drug-likeness (QED) is 0.166. The van der Waals surface area contributed by atoms with Gasteiger partial charge in [-0.2, -0.15) is 16.8 Å². The van der Waals surface area contributed by atoms with Crippen LogP contribution in [0.25, 0.3) is 11.0 Å². The number of benzene rings is 2. The van der Waals surface area contributed by atoms with Crippen LogP contribution in [0.15, 0.2) is 77.5 Å². The number of pyridine rings is 1. The zero-order chi connectivity index (χ0) is 32.6. The van der Waals surface area contributed by atoms with Gasteiger partial charge in [0.05, 0.1) is 21.2 Å². The summed E-state index contributed by atoms with van der Waals surface area (Å²) < 4.78 is 59.2. The number of aromatic nitrogens is 2. The van der Waals surface area contributed by atoms with Gasteiger partial charge in [0, 0.05) is 37.4 Å². The van der Waals surface area contributed by atoms with Crippen LogP contribution in [0.4, 0.5) is 11.4 Å². The second kappa shape index (κ2) is 15.3. The molecule has 0 radical (unpaired) electrons. The second-order valence-electron chi connectivity index (χ2n) is 10.9. The van der Waals surface area contributed by atoms with Crippen LogP contribution in [0.2, 0.25) is 0 Å². The van der Waals surface area contributed by atoms with Crippen molar-refractivity contribution in [1.82, 2.24) is 9.97 Å². The Hall–Kier alpha value is -3.34. The van der Waals surface area contributed by atoms with Crippen molar-refractivity contribution in [2.24, 2.45) is 11.7 Å². The monoisotopic (exact) mass is 721 g/mol. The maximum absolute atomic E-state index is 12.2. The summed E-state index contributed by atoms with van der Waals surface area (Å²) >= 11 is 3.63. The molecule has 1 saturated heterocycles. The Morgan fingerprint density at radius 1 is 0.956 bits per heavy atom. The highest BCUT2D eigenvalue weighted by molar-refractivity contribution is 9.10. The molecule has 1 amide bonds. The maximum atomic E-state index is 12.2. The topological polar surface area (TPSA) is 196 Å². The number of hydrogen-bond donors (Lipinski definition) is 5. The molecule has 2 aromatic carbocycles. The third-order valence-electron chi connectivity index (χ3n) is 6.99. The van der Waals surface area contributed by atoms with E-state index in [1.807, 2.05) is 6.20 Å². The minimum absolute atomic E-state index is 0.104. The smallest absolute Gasteiger partial charge is 0.269 e. The van der Waals surface area contributed by atoms with Crippen molar-refractivity contribution in [2.75, 3.05) is 23.3 Å². The molecule has 45 heavy (non-hydrogen) atoms. The fourth-order valence-corrected chi connectivity index (χ4v) is 6.61. The minimum atomic E-state index is -3.88. The van der Waals surface area contributed by atoms with Crippen LogP contribution in [0.3, 0.4) is 0 Å². The number of amides is 1. The SMILES string of the molecule is N[C@@H]1CCCN(c2c(Br)cnc3[nH]cc(NC(=O)C4CC4)c23)C1.O=S(=O)(O)Cc1ccccc1.O=S(=O)(O)Cc1ccccc1. The lowest BCUT2D eigenvalue weighted by Crippen LogP contribution is -2.43. The molecule has 3 heterocycles. The molecular formula is C30H36BrN5O7S2. The molecule has 0 bridgehead atoms. The number of rotatable bonds is 7. The highest BCUT2D eigenvalue weighted by Crippen LogP contribution is 2.39. The molecule has 15 heteroatoms. The van der Waals surface area contributed by atoms with E-state index in [1.54, 1.807) is 66.9 Å². The summed E-state index contributed by atoms with van der Waals surface area (Å²) in [6.07, 6.45) is 7.75. The number of carbonyl (C=O) groups excluding carboxylic acids is 1. The Morgan fingerprint density at radius 3 is 2.00 bits per heavy atom. The number of aromatic amines is 1. The number of hydrogen-bond acceptors (Lipinski definition) is 8. The van der Waals surface area contributed by atoms with Gasteiger partial charge < -0.3 is 20.9 Å². The van der Waals surface area contributed by atoms with E-state index in [-0.39, 0.29) is 29.4 Å². The predicted molar refractivity (Wildman–Crippen MR) is 178 cm³/mol. The summed E-state index contributed by atoms with van der Waals surface area (Å²) in [5.41, 5.74) is 9.99. The largest absolute Gasteiger partial charge is 0.368 e. The van der Waals surface area contributed by atoms with Gasteiger partial charge in [0.15, 0.2) is 0 Å². The first-order valence-corrected chi connectivity index (χ1v) is 18.3. The number of piperidine rings is 1. The van der Waals surface area contributed by atoms with E-state index in [0.29, 0.717) is 11.1 Å². The Balaban J connectivity index is 0.000000176. The first-order valence-electron chi connectivity index (χ1n) is 14.2. The zero-order valence-corrected chi connectivity index (χ0v) is 27.6. The molecule has 1 aliphatic carbocycles. The average molecular weight is 723 g/mol. The van der Waals surface area contributed by atoms with Crippen molar-refractivity contribution in [1.29, 1.82) is 0 Å². The molecule has 2 aromatic heterocycles. The minimum Gasteiger partial charge on any atom is -0.368 e. The van der Waals surface area contributed by atoms with Gasteiger partial charge in [-0.3, -0.25) is 13.9 Å². The lowest BCUT2D eigenvalue weighted by atomic mass is 10.1. The Kier molecular flexibility index (Phi) is 11.7. The summed E-state index contributed by atoms with van der Waals surface area (Å²) in [6, 6.07) is 17.2. The molecule has 12 nitrogen and oxygen atoms in total. The molecule has 4 aromatic rings. The third kappa shape index (κ3) is 11.2. The van der Waals surface area contributed by atoms with Crippen molar-refractivity contribution >= 4 is 64.5 Å². The van der Waals surface area contributed by atoms with E-state index >= 15 is 0 Å². The van der Waals surface area contributed by atoms with Crippen LogP contribution in [0.1, 0.15) is 36.8 Å². The molecule has 6 rings (SSSR count). The Morgan fingerprint density at radius 2 is 1.51 bits per heavy atom. The molecule has 1 aliphatic heterocycles. The van der Waals surface area contributed by atoms with Gasteiger partial charge in [-0.05, 0) is 52.7 Å². The summed E-state index contributed by atoms with van der Waals surface area (Å²) in [4.78, 5) is 22.0. The summed E-state index contributed by atoms with van der Waals surface area (Å²) in [6.45, 7) is 1.78. The average Bonchev–Trinajstić information content (AvgIpc) is 3.75. The van der Waals surface area contributed by atoms with Crippen LogP contribution in [0.5, 0.6) is 0 Å². The van der Waals surface area contributed by atoms with E-state index in [9.17, 15) is 21.6 Å². The van der Waals surface area contributed by atoms with Crippen molar-refractivity contribution in [3.05, 3.63) is 88.7 Å². The van der Waals surface area contributed by atoms with Gasteiger partial charge in [-0.1, -0.05) is 60.7 Å². The zero-order valence-electron chi connectivity index (χ0n) is 24.3. The molecule has 0 unspecified atom stereocenters. The molecule has 0 spiro atoms. The molecule has 1 saturated carbocycles. The van der Waals surface area contributed by atoms with E-state index in [4.69, 9.17) is 14.8 Å². The lowest BCUT2D eigenvalue weighted by molar-refractivity contribution is -0.117. The molecule has 1 atom stereocenters. The standard InChI is InChI=1S/C16H20BrN5O.2C7H8O3S/c17-11-6-19-15-13(14(11)22-5-1-2-10(18)8-22)12(7-20-15)21-16(23)9-3-4-9;2*8-11(9,10)6-7-4-2-1-3-5-7/h6-7,9-10H,1-5,8,18H2,(H,19,20)(H,21,23);2*1-5H,6H2,(H,8,9,10)/t10-;;/m1../s1. The van der Waals surface area contributed by atoms with Crippen molar-refractivity contribution in [2.45, 2.75) is 43.2 Å². The van der Waals surface area contributed by atoms with Gasteiger partial charge in [0.2, 0.25) is 5.91 Å². The highest BCUT2D eigenvalue weighted by Gasteiger charge is 2.31. The summed E-state index contributed by atoms with van der Waals surface area (Å²) in [5.74, 6) is -0.346. The molecule has 2 aliphatic rings. The number of nitrogens with two attached hydrogens (primary N) is 1. The van der Waals surface area contributed by atoms with Gasteiger partial charge in [0.1, 0.15) is 17.2 Å². The number of anilines is 2. The van der Waals surface area contributed by atoms with Gasteiger partial charge in [-0.15, -0.1) is 0 Å². The van der Waals surface area contributed by atoms with Gasteiger partial charge in [-0.25, -0.2) is 4.98 Å². The van der Waals surface area contributed by atoms with Crippen LogP contribution < -0.4 is 16.0 Å². The molecule has 6 N–H and O–H groups in total. The Labute approximate surface area is 271 Å². The number of nitrogens with one attached hydrogen (secondary N) is 2. The number of nitrogens with zero attached hydrogens (tertiary/aromatic N) is 2. The first-order chi connectivity index (χ1) is 21.3. The van der Waals surface area contributed by atoms with E-state index in [0.717, 1.165) is 65.7 Å². The van der Waals surface area contributed by atoms with E-state index in [2.05, 4.69) is 36.1 Å². The van der Waals surface area contributed by atoms with Crippen LogP contribution in [-0.2, 0) is 36.5 Å². The second-order valence-corrected chi connectivity index (χ2v) is 14.7. The number of halogens is 1. The predicted octanol–water partition coefficient (Wildman–Crippen LogP) is 4.75. The molecule has 242 valence electrons. The highest BCUT2D eigenvalue weighted by atomic mass is 79.9. The van der Waals surface area contributed by atoms with Crippen LogP contribution in [0, 0.1) is 5.92 Å². The fourth-order valence-electron chi connectivity index (χ4n) is 4.83. The number of fused-ring (bicyclic) bond motifs is 1. The normalized spacial score (nSPS) is 16.6. The van der Waals surface area contributed by atoms with Crippen LogP contribution >= 0.6 is 15.9 Å². The van der Waals surface area contributed by atoms with Crippen molar-refractivity contribution in [3.8, 4) is 0 Å². The first kappa shape index (κ1) is 34.5.